The van der Waals surface area contributed by atoms with Gasteiger partial charge in [-0.1, -0.05) is 12.1 Å². The van der Waals surface area contributed by atoms with Gasteiger partial charge in [0.15, 0.2) is 0 Å². The number of nitrogen functional groups attached to an aromatic ring is 1. The normalized spacial score (nSPS) is 10.5. The Morgan fingerprint density at radius 1 is 1.40 bits per heavy atom. The van der Waals surface area contributed by atoms with Gasteiger partial charge < -0.3 is 10.6 Å². The fraction of sp³-hybridized carbons (Fsp3) is 0.267. The highest BCUT2D eigenvalue weighted by molar-refractivity contribution is 8.00. The van der Waals surface area contributed by atoms with Crippen LogP contribution in [0.4, 0.5) is 5.69 Å². The lowest BCUT2D eigenvalue weighted by molar-refractivity contribution is -0.127. The standard InChI is InChI=1S/C15H18N2OS2/c1-11-5-6-14(13(16)8-11)20-10-15(18)17(2)9-12-4-3-7-19-12/h3-8H,9-10,16H2,1-2H3. The summed E-state index contributed by atoms with van der Waals surface area (Å²) in [4.78, 5) is 16.0. The van der Waals surface area contributed by atoms with Crippen LogP contribution >= 0.6 is 23.1 Å². The van der Waals surface area contributed by atoms with Crippen molar-refractivity contribution in [2.75, 3.05) is 18.5 Å². The molecule has 0 aliphatic heterocycles. The molecular formula is C15H18N2OS2. The van der Waals surface area contributed by atoms with Crippen LogP contribution in [0, 0.1) is 6.92 Å². The van der Waals surface area contributed by atoms with Gasteiger partial charge in [0.25, 0.3) is 0 Å². The number of thiophene rings is 1. The lowest BCUT2D eigenvalue weighted by Crippen LogP contribution is -2.27. The lowest BCUT2D eigenvalue weighted by Gasteiger charge is -2.16. The van der Waals surface area contributed by atoms with Gasteiger partial charge in [-0.2, -0.15) is 0 Å². The summed E-state index contributed by atoms with van der Waals surface area (Å²) >= 11 is 3.16. The van der Waals surface area contributed by atoms with Crippen LogP contribution in [0.15, 0.2) is 40.6 Å². The fourth-order valence-electron chi connectivity index (χ4n) is 1.77. The molecule has 0 saturated heterocycles. The highest BCUT2D eigenvalue weighted by Crippen LogP contribution is 2.26. The number of thioether (sulfide) groups is 1. The van der Waals surface area contributed by atoms with Crippen molar-refractivity contribution in [3.63, 3.8) is 0 Å². The third kappa shape index (κ3) is 4.02. The molecule has 2 aromatic rings. The van der Waals surface area contributed by atoms with Crippen LogP contribution in [0.2, 0.25) is 0 Å². The lowest BCUT2D eigenvalue weighted by atomic mass is 10.2. The van der Waals surface area contributed by atoms with Crippen LogP contribution < -0.4 is 5.73 Å². The molecule has 1 heterocycles. The Labute approximate surface area is 127 Å². The van der Waals surface area contributed by atoms with E-state index in [2.05, 4.69) is 0 Å². The van der Waals surface area contributed by atoms with Gasteiger partial charge in [-0.3, -0.25) is 4.79 Å². The fourth-order valence-corrected chi connectivity index (χ4v) is 3.42. The largest absolute Gasteiger partial charge is 0.398 e. The number of benzene rings is 1. The number of nitrogens with two attached hydrogens (primary N) is 1. The Hall–Kier alpha value is -1.46. The van der Waals surface area contributed by atoms with Gasteiger partial charge in [-0.15, -0.1) is 23.1 Å². The number of amides is 1. The van der Waals surface area contributed by atoms with Crippen LogP contribution in [-0.4, -0.2) is 23.6 Å². The average Bonchev–Trinajstić information content (AvgIpc) is 2.90. The number of aryl methyl sites for hydroxylation is 1. The summed E-state index contributed by atoms with van der Waals surface area (Å²) in [6.07, 6.45) is 0. The number of rotatable bonds is 5. The number of anilines is 1. The van der Waals surface area contributed by atoms with E-state index in [-0.39, 0.29) is 5.91 Å². The minimum atomic E-state index is 0.114. The second-order valence-electron chi connectivity index (χ2n) is 4.66. The maximum atomic E-state index is 12.1. The third-order valence-electron chi connectivity index (χ3n) is 2.92. The van der Waals surface area contributed by atoms with E-state index in [0.717, 1.165) is 16.1 Å². The number of nitrogens with zero attached hydrogens (tertiary/aromatic N) is 1. The van der Waals surface area contributed by atoms with E-state index in [4.69, 9.17) is 5.73 Å². The predicted molar refractivity (Wildman–Crippen MR) is 87.1 cm³/mol. The zero-order chi connectivity index (χ0) is 14.5. The van der Waals surface area contributed by atoms with Crippen LogP contribution in [-0.2, 0) is 11.3 Å². The molecule has 0 bridgehead atoms. The van der Waals surface area contributed by atoms with Crippen molar-refractivity contribution >= 4 is 34.7 Å². The van der Waals surface area contributed by atoms with Gasteiger partial charge in [0.1, 0.15) is 0 Å². The van der Waals surface area contributed by atoms with Crippen LogP contribution in [0.25, 0.3) is 0 Å². The van der Waals surface area contributed by atoms with Gasteiger partial charge in [-0.05, 0) is 36.1 Å². The molecule has 2 rings (SSSR count). The molecule has 0 aliphatic carbocycles. The second-order valence-corrected chi connectivity index (χ2v) is 6.71. The number of hydrogen-bond acceptors (Lipinski definition) is 4. The molecule has 0 radical (unpaired) electrons. The minimum Gasteiger partial charge on any atom is -0.398 e. The summed E-state index contributed by atoms with van der Waals surface area (Å²) in [5.74, 6) is 0.526. The number of carbonyl (C=O) groups is 1. The van der Waals surface area contributed by atoms with Gasteiger partial charge >= 0.3 is 0 Å². The smallest absolute Gasteiger partial charge is 0.233 e. The summed E-state index contributed by atoms with van der Waals surface area (Å²) in [5.41, 5.74) is 7.82. The summed E-state index contributed by atoms with van der Waals surface area (Å²) < 4.78 is 0. The van der Waals surface area contributed by atoms with Gasteiger partial charge in [0.2, 0.25) is 5.91 Å². The first kappa shape index (κ1) is 14.9. The van der Waals surface area contributed by atoms with Crippen molar-refractivity contribution in [2.24, 2.45) is 0 Å². The molecule has 5 heteroatoms. The molecule has 106 valence electrons. The third-order valence-corrected chi connectivity index (χ3v) is 4.85. The highest BCUT2D eigenvalue weighted by atomic mass is 32.2. The monoisotopic (exact) mass is 306 g/mol. The van der Waals surface area contributed by atoms with Gasteiger partial charge in [0.05, 0.1) is 12.3 Å². The quantitative estimate of drug-likeness (QED) is 0.680. The van der Waals surface area contributed by atoms with E-state index in [0.29, 0.717) is 12.3 Å². The van der Waals surface area contributed by atoms with E-state index in [9.17, 15) is 4.79 Å². The number of hydrogen-bond donors (Lipinski definition) is 1. The van der Waals surface area contributed by atoms with E-state index < -0.39 is 0 Å². The molecule has 0 aliphatic rings. The Bertz CT molecular complexity index is 582. The average molecular weight is 306 g/mol. The molecule has 1 amide bonds. The molecular weight excluding hydrogens is 288 g/mol. The first-order valence-electron chi connectivity index (χ1n) is 6.31. The molecule has 3 nitrogen and oxygen atoms in total. The van der Waals surface area contributed by atoms with E-state index >= 15 is 0 Å². The van der Waals surface area contributed by atoms with Crippen molar-refractivity contribution in [1.82, 2.24) is 4.90 Å². The van der Waals surface area contributed by atoms with Crippen LogP contribution in [0.5, 0.6) is 0 Å². The molecule has 1 aromatic carbocycles. The van der Waals surface area contributed by atoms with Crippen molar-refractivity contribution in [3.8, 4) is 0 Å². The Balaban J connectivity index is 1.88. The molecule has 0 fully saturated rings. The van der Waals surface area contributed by atoms with Crippen molar-refractivity contribution in [1.29, 1.82) is 0 Å². The maximum absolute atomic E-state index is 12.1. The van der Waals surface area contributed by atoms with E-state index in [1.807, 2.05) is 49.7 Å². The Kier molecular flexibility index (Phi) is 5.09. The van der Waals surface area contributed by atoms with E-state index in [1.54, 1.807) is 16.2 Å². The highest BCUT2D eigenvalue weighted by Gasteiger charge is 2.11. The van der Waals surface area contributed by atoms with Crippen molar-refractivity contribution in [2.45, 2.75) is 18.4 Å². The number of carbonyl (C=O) groups excluding carboxylic acids is 1. The summed E-state index contributed by atoms with van der Waals surface area (Å²) in [5, 5.41) is 2.02. The minimum absolute atomic E-state index is 0.114. The van der Waals surface area contributed by atoms with Crippen molar-refractivity contribution in [3.05, 3.63) is 46.2 Å². The second kappa shape index (κ2) is 6.81. The molecule has 2 N–H and O–H groups in total. The summed E-state index contributed by atoms with van der Waals surface area (Å²) in [6, 6.07) is 9.96. The summed E-state index contributed by atoms with van der Waals surface area (Å²) in [7, 11) is 1.83. The van der Waals surface area contributed by atoms with Crippen molar-refractivity contribution < 1.29 is 4.79 Å². The molecule has 0 unspecified atom stereocenters. The zero-order valence-electron chi connectivity index (χ0n) is 11.6. The van der Waals surface area contributed by atoms with Gasteiger partial charge in [-0.25, -0.2) is 0 Å². The van der Waals surface area contributed by atoms with Crippen LogP contribution in [0.3, 0.4) is 0 Å². The molecule has 0 saturated carbocycles. The molecule has 0 spiro atoms. The Morgan fingerprint density at radius 3 is 2.85 bits per heavy atom. The molecule has 20 heavy (non-hydrogen) atoms. The summed E-state index contributed by atoms with van der Waals surface area (Å²) in [6.45, 7) is 2.67. The first-order valence-corrected chi connectivity index (χ1v) is 8.18. The maximum Gasteiger partial charge on any atom is 0.233 e. The van der Waals surface area contributed by atoms with Crippen LogP contribution in [0.1, 0.15) is 10.4 Å². The zero-order valence-corrected chi connectivity index (χ0v) is 13.3. The first-order chi connectivity index (χ1) is 9.56. The molecule has 0 atom stereocenters. The SMILES string of the molecule is Cc1ccc(SCC(=O)N(C)Cc2cccs2)c(N)c1. The Morgan fingerprint density at radius 2 is 2.20 bits per heavy atom. The predicted octanol–water partition coefficient (Wildman–Crippen LogP) is 3.39. The molecule has 1 aromatic heterocycles. The van der Waals surface area contributed by atoms with E-state index in [1.165, 1.54) is 16.6 Å². The van der Waals surface area contributed by atoms with Gasteiger partial charge in [0, 0.05) is 22.5 Å². The topological polar surface area (TPSA) is 46.3 Å².